The molecule has 1 rings (SSSR count). The van der Waals surface area contributed by atoms with Gasteiger partial charge in [-0.1, -0.05) is 37.3 Å². The third-order valence-electron chi connectivity index (χ3n) is 2.72. The number of rotatable bonds is 8. The monoisotopic (exact) mass is 268 g/mol. The van der Waals surface area contributed by atoms with Crippen molar-refractivity contribution in [1.82, 2.24) is 5.32 Å². The molecule has 1 aromatic carbocycles. The summed E-state index contributed by atoms with van der Waals surface area (Å²) in [6, 6.07) is 9.48. The fraction of sp³-hybridized carbons (Fsp3) is 0.462. The first-order chi connectivity index (χ1) is 8.67. The summed E-state index contributed by atoms with van der Waals surface area (Å²) >= 11 is 1.51. The van der Waals surface area contributed by atoms with Crippen molar-refractivity contribution in [3.05, 3.63) is 35.9 Å². The number of likely N-dealkylation sites (N-methyl/N-ethyl adjacent to an activating group) is 1. The van der Waals surface area contributed by atoms with E-state index in [9.17, 15) is 4.79 Å². The predicted molar refractivity (Wildman–Crippen MR) is 75.4 cm³/mol. The largest absolute Gasteiger partial charge is 0.396 e. The zero-order valence-corrected chi connectivity index (χ0v) is 11.4. The van der Waals surface area contributed by atoms with Crippen molar-refractivity contribution in [2.24, 2.45) is 5.73 Å². The second-order valence-corrected chi connectivity index (χ2v) is 5.05. The topological polar surface area (TPSA) is 75.3 Å². The Morgan fingerprint density at radius 2 is 2.11 bits per heavy atom. The highest BCUT2D eigenvalue weighted by molar-refractivity contribution is 7.99. The van der Waals surface area contributed by atoms with Crippen LogP contribution in [0.4, 0.5) is 0 Å². The smallest absolute Gasteiger partial charge is 0.243 e. The van der Waals surface area contributed by atoms with Crippen LogP contribution in [0.5, 0.6) is 0 Å². The zero-order valence-electron chi connectivity index (χ0n) is 10.6. The van der Waals surface area contributed by atoms with Gasteiger partial charge >= 0.3 is 0 Å². The van der Waals surface area contributed by atoms with Crippen molar-refractivity contribution in [3.63, 3.8) is 0 Å². The van der Waals surface area contributed by atoms with Crippen molar-refractivity contribution in [3.8, 4) is 0 Å². The molecule has 0 aliphatic rings. The van der Waals surface area contributed by atoms with Crippen LogP contribution >= 0.6 is 11.8 Å². The van der Waals surface area contributed by atoms with Gasteiger partial charge in [0.2, 0.25) is 5.91 Å². The van der Waals surface area contributed by atoms with Crippen LogP contribution in [-0.2, 0) is 10.3 Å². The van der Waals surface area contributed by atoms with E-state index in [0.717, 1.165) is 5.56 Å². The third-order valence-corrected chi connectivity index (χ3v) is 3.83. The molecule has 1 atom stereocenters. The lowest BCUT2D eigenvalue weighted by Crippen LogP contribution is -2.54. The molecule has 4 nitrogen and oxygen atoms in total. The fourth-order valence-corrected chi connectivity index (χ4v) is 2.84. The summed E-state index contributed by atoms with van der Waals surface area (Å²) in [7, 11) is 0. The van der Waals surface area contributed by atoms with E-state index in [2.05, 4.69) is 5.32 Å². The second kappa shape index (κ2) is 7.41. The zero-order chi connectivity index (χ0) is 13.4. The number of benzene rings is 1. The molecule has 100 valence electrons. The van der Waals surface area contributed by atoms with Crippen LogP contribution in [0.1, 0.15) is 12.5 Å². The Kier molecular flexibility index (Phi) is 6.18. The second-order valence-electron chi connectivity index (χ2n) is 3.94. The van der Waals surface area contributed by atoms with Crippen molar-refractivity contribution in [2.75, 3.05) is 24.7 Å². The van der Waals surface area contributed by atoms with Gasteiger partial charge in [-0.15, -0.1) is 0 Å². The van der Waals surface area contributed by atoms with Gasteiger partial charge in [-0.05, 0) is 12.1 Å². The Hall–Kier alpha value is -1.04. The highest BCUT2D eigenvalue weighted by Crippen LogP contribution is 2.25. The van der Waals surface area contributed by atoms with E-state index in [1.165, 1.54) is 11.8 Å². The number of nitrogens with one attached hydrogen (secondary N) is 1. The minimum Gasteiger partial charge on any atom is -0.396 e. The Balaban J connectivity index is 3.01. The molecule has 0 aromatic heterocycles. The minimum absolute atomic E-state index is 0.0976. The summed E-state index contributed by atoms with van der Waals surface area (Å²) in [4.78, 5) is 11.9. The fourth-order valence-electron chi connectivity index (χ4n) is 1.85. The Morgan fingerprint density at radius 3 is 2.61 bits per heavy atom. The van der Waals surface area contributed by atoms with Gasteiger partial charge in [0.15, 0.2) is 0 Å². The highest BCUT2D eigenvalue weighted by Gasteiger charge is 2.37. The maximum atomic E-state index is 11.9. The third kappa shape index (κ3) is 3.48. The SMILES string of the molecule is CCNC(CSCCO)(C(N)=O)c1ccccc1. The molecule has 0 spiro atoms. The number of nitrogens with two attached hydrogens (primary N) is 1. The van der Waals surface area contributed by atoms with Crippen molar-refractivity contribution < 1.29 is 9.90 Å². The molecule has 0 heterocycles. The van der Waals surface area contributed by atoms with Gasteiger partial charge in [0.05, 0.1) is 6.61 Å². The van der Waals surface area contributed by atoms with Crippen LogP contribution in [0.2, 0.25) is 0 Å². The molecule has 0 aliphatic heterocycles. The molecular weight excluding hydrogens is 248 g/mol. The molecule has 18 heavy (non-hydrogen) atoms. The first-order valence-electron chi connectivity index (χ1n) is 5.96. The molecule has 0 bridgehead atoms. The van der Waals surface area contributed by atoms with Gasteiger partial charge in [-0.2, -0.15) is 11.8 Å². The molecular formula is C13H20N2O2S. The number of hydrogen-bond donors (Lipinski definition) is 3. The van der Waals surface area contributed by atoms with E-state index in [4.69, 9.17) is 10.8 Å². The van der Waals surface area contributed by atoms with E-state index in [0.29, 0.717) is 18.1 Å². The number of aliphatic hydroxyl groups is 1. The van der Waals surface area contributed by atoms with Crippen LogP contribution in [0.25, 0.3) is 0 Å². The number of amides is 1. The highest BCUT2D eigenvalue weighted by atomic mass is 32.2. The minimum atomic E-state index is -0.865. The standard InChI is InChI=1S/C13H20N2O2S/c1-2-15-13(12(14)17,10-18-9-8-16)11-6-4-3-5-7-11/h3-7,15-16H,2,8-10H2,1H3,(H2,14,17). The number of hydrogen-bond acceptors (Lipinski definition) is 4. The normalized spacial score (nSPS) is 14.1. The molecule has 0 saturated carbocycles. The summed E-state index contributed by atoms with van der Waals surface area (Å²) < 4.78 is 0. The molecule has 0 saturated heterocycles. The summed E-state index contributed by atoms with van der Waals surface area (Å²) in [6.45, 7) is 2.69. The average Bonchev–Trinajstić information content (AvgIpc) is 2.38. The number of primary amides is 1. The average molecular weight is 268 g/mol. The van der Waals surface area contributed by atoms with Gasteiger partial charge in [-0.25, -0.2) is 0 Å². The lowest BCUT2D eigenvalue weighted by atomic mass is 9.91. The summed E-state index contributed by atoms with van der Waals surface area (Å²) in [6.07, 6.45) is 0. The van der Waals surface area contributed by atoms with Crippen LogP contribution in [0.3, 0.4) is 0 Å². The Bertz CT molecular complexity index is 373. The molecule has 0 aliphatic carbocycles. The van der Waals surface area contributed by atoms with E-state index in [1.54, 1.807) is 0 Å². The molecule has 1 unspecified atom stereocenters. The Morgan fingerprint density at radius 1 is 1.44 bits per heavy atom. The molecule has 1 amide bonds. The Labute approximate surface area is 112 Å². The maximum Gasteiger partial charge on any atom is 0.243 e. The number of aliphatic hydroxyl groups excluding tert-OH is 1. The lowest BCUT2D eigenvalue weighted by Gasteiger charge is -2.31. The van der Waals surface area contributed by atoms with Crippen molar-refractivity contribution in [1.29, 1.82) is 0 Å². The van der Waals surface area contributed by atoms with Crippen molar-refractivity contribution in [2.45, 2.75) is 12.5 Å². The molecule has 0 fully saturated rings. The summed E-state index contributed by atoms with van der Waals surface area (Å²) in [5.74, 6) is 0.717. The molecule has 5 heteroatoms. The quantitative estimate of drug-likeness (QED) is 0.607. The van der Waals surface area contributed by atoms with Crippen LogP contribution in [-0.4, -0.2) is 35.7 Å². The molecule has 4 N–H and O–H groups in total. The van der Waals surface area contributed by atoms with E-state index >= 15 is 0 Å². The summed E-state index contributed by atoms with van der Waals surface area (Å²) in [5, 5.41) is 12.0. The van der Waals surface area contributed by atoms with Crippen LogP contribution in [0.15, 0.2) is 30.3 Å². The van der Waals surface area contributed by atoms with Crippen LogP contribution < -0.4 is 11.1 Å². The predicted octanol–water partition coefficient (Wildman–Crippen LogP) is 0.702. The molecule has 0 radical (unpaired) electrons. The van der Waals surface area contributed by atoms with Gasteiger partial charge in [0.25, 0.3) is 0 Å². The van der Waals surface area contributed by atoms with E-state index in [-0.39, 0.29) is 12.5 Å². The molecule has 1 aromatic rings. The first-order valence-corrected chi connectivity index (χ1v) is 7.12. The van der Waals surface area contributed by atoms with E-state index < -0.39 is 5.54 Å². The van der Waals surface area contributed by atoms with E-state index in [1.807, 2.05) is 37.3 Å². The van der Waals surface area contributed by atoms with Gasteiger partial charge in [-0.3, -0.25) is 10.1 Å². The summed E-state index contributed by atoms with van der Waals surface area (Å²) in [5.41, 5.74) is 5.60. The first kappa shape index (κ1) is 15.0. The van der Waals surface area contributed by atoms with Crippen molar-refractivity contribution >= 4 is 17.7 Å². The number of thioether (sulfide) groups is 1. The van der Waals surface area contributed by atoms with Gasteiger partial charge in [0.1, 0.15) is 5.54 Å². The van der Waals surface area contributed by atoms with Gasteiger partial charge in [0, 0.05) is 11.5 Å². The van der Waals surface area contributed by atoms with Crippen LogP contribution in [0, 0.1) is 0 Å². The van der Waals surface area contributed by atoms with Gasteiger partial charge < -0.3 is 10.8 Å². The maximum absolute atomic E-state index is 11.9. The number of carbonyl (C=O) groups excluding carboxylic acids is 1. The lowest BCUT2D eigenvalue weighted by molar-refractivity contribution is -0.123. The number of carbonyl (C=O) groups is 1.